The van der Waals surface area contributed by atoms with Crippen LogP contribution in [0.1, 0.15) is 16.8 Å². The number of nitrogens with one attached hydrogen (secondary N) is 1. The first kappa shape index (κ1) is 16.8. The van der Waals surface area contributed by atoms with Crippen molar-refractivity contribution < 1.29 is 9.90 Å². The van der Waals surface area contributed by atoms with Gasteiger partial charge in [0.25, 0.3) is 5.91 Å². The molecule has 130 valence electrons. The molecule has 0 aliphatic carbocycles. The Morgan fingerprint density at radius 1 is 1.24 bits per heavy atom. The number of aliphatic hydroxyl groups is 1. The molecule has 0 aliphatic rings. The number of aromatic nitrogens is 5. The highest BCUT2D eigenvalue weighted by molar-refractivity contribution is 5.94. The van der Waals surface area contributed by atoms with Crippen LogP contribution in [-0.2, 0) is 13.1 Å². The van der Waals surface area contributed by atoms with Crippen molar-refractivity contribution in [2.24, 2.45) is 0 Å². The van der Waals surface area contributed by atoms with Crippen molar-refractivity contribution in [3.63, 3.8) is 0 Å². The van der Waals surface area contributed by atoms with Gasteiger partial charge in [0.2, 0.25) is 0 Å². The zero-order valence-corrected chi connectivity index (χ0v) is 13.7. The molecule has 0 saturated carbocycles. The minimum atomic E-state index is -0.138. The molecule has 0 fully saturated rings. The monoisotopic (exact) mass is 340 g/mol. The smallest absolute Gasteiger partial charge is 0.252 e. The minimum absolute atomic E-state index is 0.0362. The normalized spacial score (nSPS) is 10.8. The fourth-order valence-corrected chi connectivity index (χ4v) is 2.40. The fraction of sp³-hybridized carbons (Fsp3) is 0.294. The van der Waals surface area contributed by atoms with Gasteiger partial charge in [-0.3, -0.25) is 14.5 Å². The zero-order valence-electron chi connectivity index (χ0n) is 13.7. The maximum Gasteiger partial charge on any atom is 0.252 e. The number of carbonyl (C=O) groups excluding carboxylic acids is 1. The minimum Gasteiger partial charge on any atom is -0.394 e. The second kappa shape index (κ2) is 8.20. The molecule has 0 aromatic carbocycles. The van der Waals surface area contributed by atoms with Crippen LogP contribution in [0.3, 0.4) is 0 Å². The molecule has 0 unspecified atom stereocenters. The highest BCUT2D eigenvalue weighted by atomic mass is 16.3. The third kappa shape index (κ3) is 4.51. The van der Waals surface area contributed by atoms with Crippen molar-refractivity contribution in [3.8, 4) is 11.3 Å². The van der Waals surface area contributed by atoms with E-state index in [1.807, 2.05) is 17.0 Å². The summed E-state index contributed by atoms with van der Waals surface area (Å²) < 4.78 is 3.62. The summed E-state index contributed by atoms with van der Waals surface area (Å²) in [7, 11) is 0. The molecule has 25 heavy (non-hydrogen) atoms. The van der Waals surface area contributed by atoms with E-state index in [4.69, 9.17) is 5.11 Å². The third-order valence-corrected chi connectivity index (χ3v) is 3.72. The highest BCUT2D eigenvalue weighted by Gasteiger charge is 2.08. The number of imidazole rings is 1. The van der Waals surface area contributed by atoms with Gasteiger partial charge in [-0.05, 0) is 18.6 Å². The molecule has 3 heterocycles. The SMILES string of the molecule is O=C(NCCCn1ccnc1)c1ccc(-c2cnn(CCO)c2)nc1. The van der Waals surface area contributed by atoms with Gasteiger partial charge in [0.05, 0.1) is 36.9 Å². The maximum absolute atomic E-state index is 12.1. The van der Waals surface area contributed by atoms with E-state index >= 15 is 0 Å². The van der Waals surface area contributed by atoms with Gasteiger partial charge < -0.3 is 15.0 Å². The first-order valence-corrected chi connectivity index (χ1v) is 8.10. The molecule has 1 amide bonds. The van der Waals surface area contributed by atoms with Crippen molar-refractivity contribution in [2.45, 2.75) is 19.5 Å². The second-order valence-electron chi connectivity index (χ2n) is 5.56. The van der Waals surface area contributed by atoms with Crippen LogP contribution in [-0.4, -0.2) is 48.5 Å². The molecule has 3 rings (SSSR count). The van der Waals surface area contributed by atoms with Crippen LogP contribution in [0, 0.1) is 0 Å². The first-order chi connectivity index (χ1) is 12.3. The van der Waals surface area contributed by atoms with E-state index in [2.05, 4.69) is 20.4 Å². The van der Waals surface area contributed by atoms with E-state index in [-0.39, 0.29) is 12.5 Å². The van der Waals surface area contributed by atoms with E-state index in [0.29, 0.717) is 18.7 Å². The van der Waals surface area contributed by atoms with Crippen LogP contribution in [0.25, 0.3) is 11.3 Å². The van der Waals surface area contributed by atoms with E-state index < -0.39 is 0 Å². The molecule has 0 atom stereocenters. The number of rotatable bonds is 8. The summed E-state index contributed by atoms with van der Waals surface area (Å²) in [5.74, 6) is -0.138. The van der Waals surface area contributed by atoms with Gasteiger partial charge in [-0.2, -0.15) is 5.10 Å². The Kier molecular flexibility index (Phi) is 5.53. The lowest BCUT2D eigenvalue weighted by Crippen LogP contribution is -2.25. The molecule has 0 radical (unpaired) electrons. The summed E-state index contributed by atoms with van der Waals surface area (Å²) in [4.78, 5) is 20.4. The predicted molar refractivity (Wildman–Crippen MR) is 91.7 cm³/mol. The van der Waals surface area contributed by atoms with Crippen LogP contribution >= 0.6 is 0 Å². The standard InChI is InChI=1S/C17H20N6O2/c24-9-8-23-12-15(11-21-23)16-3-2-14(10-20-16)17(25)19-4-1-6-22-7-5-18-13-22/h2-3,5,7,10-13,24H,1,4,6,8-9H2,(H,19,25). The number of hydrogen-bond donors (Lipinski definition) is 2. The third-order valence-electron chi connectivity index (χ3n) is 3.72. The topological polar surface area (TPSA) is 97.9 Å². The zero-order chi connectivity index (χ0) is 17.5. The van der Waals surface area contributed by atoms with Crippen LogP contribution < -0.4 is 5.32 Å². The van der Waals surface area contributed by atoms with Crippen LogP contribution in [0.15, 0.2) is 49.4 Å². The number of aryl methyl sites for hydroxylation is 1. The van der Waals surface area contributed by atoms with Gasteiger partial charge in [-0.15, -0.1) is 0 Å². The number of aliphatic hydroxyl groups excluding tert-OH is 1. The average molecular weight is 340 g/mol. The summed E-state index contributed by atoms with van der Waals surface area (Å²) in [6, 6.07) is 3.54. The Labute approximate surface area is 145 Å². The van der Waals surface area contributed by atoms with Gasteiger partial charge in [-0.25, -0.2) is 4.98 Å². The Morgan fingerprint density at radius 3 is 2.88 bits per heavy atom. The van der Waals surface area contributed by atoms with Gasteiger partial charge >= 0.3 is 0 Å². The quantitative estimate of drug-likeness (QED) is 0.595. The molecule has 2 N–H and O–H groups in total. The van der Waals surface area contributed by atoms with Crippen molar-refractivity contribution in [1.29, 1.82) is 0 Å². The van der Waals surface area contributed by atoms with E-state index in [1.54, 1.807) is 41.7 Å². The maximum atomic E-state index is 12.1. The van der Waals surface area contributed by atoms with E-state index in [1.165, 1.54) is 0 Å². The van der Waals surface area contributed by atoms with Gasteiger partial charge in [0, 0.05) is 43.4 Å². The van der Waals surface area contributed by atoms with Crippen molar-refractivity contribution in [2.75, 3.05) is 13.2 Å². The van der Waals surface area contributed by atoms with Crippen LogP contribution in [0.5, 0.6) is 0 Å². The molecule has 3 aromatic heterocycles. The second-order valence-corrected chi connectivity index (χ2v) is 5.56. The summed E-state index contributed by atoms with van der Waals surface area (Å²) >= 11 is 0. The lowest BCUT2D eigenvalue weighted by atomic mass is 10.2. The highest BCUT2D eigenvalue weighted by Crippen LogP contribution is 2.16. The predicted octanol–water partition coefficient (Wildman–Crippen LogP) is 0.954. The Morgan fingerprint density at radius 2 is 2.16 bits per heavy atom. The number of carbonyl (C=O) groups is 1. The molecule has 8 nitrogen and oxygen atoms in total. The number of amides is 1. The molecule has 0 bridgehead atoms. The van der Waals surface area contributed by atoms with Crippen LogP contribution in [0.4, 0.5) is 0 Å². The Balaban J connectivity index is 1.51. The number of nitrogens with zero attached hydrogens (tertiary/aromatic N) is 5. The Bertz CT molecular complexity index is 795. The van der Waals surface area contributed by atoms with Crippen LogP contribution in [0.2, 0.25) is 0 Å². The lowest BCUT2D eigenvalue weighted by Gasteiger charge is -2.06. The Hall–Kier alpha value is -3.00. The van der Waals surface area contributed by atoms with Crippen molar-refractivity contribution >= 4 is 5.91 Å². The molecule has 3 aromatic rings. The van der Waals surface area contributed by atoms with Crippen molar-refractivity contribution in [1.82, 2.24) is 29.6 Å². The fourth-order valence-electron chi connectivity index (χ4n) is 2.40. The summed E-state index contributed by atoms with van der Waals surface area (Å²) in [6.45, 7) is 1.88. The first-order valence-electron chi connectivity index (χ1n) is 8.10. The molecular formula is C17H20N6O2. The van der Waals surface area contributed by atoms with Crippen molar-refractivity contribution in [3.05, 3.63) is 55.0 Å². The summed E-state index contributed by atoms with van der Waals surface area (Å²) in [5.41, 5.74) is 2.11. The summed E-state index contributed by atoms with van der Waals surface area (Å²) in [5, 5.41) is 15.9. The molecular weight excluding hydrogens is 320 g/mol. The molecule has 0 saturated heterocycles. The van der Waals surface area contributed by atoms with E-state index in [0.717, 1.165) is 24.2 Å². The average Bonchev–Trinajstić information content (AvgIpc) is 3.31. The van der Waals surface area contributed by atoms with Gasteiger partial charge in [0.15, 0.2) is 0 Å². The van der Waals surface area contributed by atoms with E-state index in [9.17, 15) is 4.79 Å². The molecule has 8 heteroatoms. The summed E-state index contributed by atoms with van der Waals surface area (Å²) in [6.07, 6.45) is 11.3. The van der Waals surface area contributed by atoms with Gasteiger partial charge in [-0.1, -0.05) is 0 Å². The van der Waals surface area contributed by atoms with Gasteiger partial charge in [0.1, 0.15) is 0 Å². The largest absolute Gasteiger partial charge is 0.394 e. The molecule has 0 spiro atoms. The number of hydrogen-bond acceptors (Lipinski definition) is 5. The lowest BCUT2D eigenvalue weighted by molar-refractivity contribution is 0.0952. The molecule has 0 aliphatic heterocycles. The number of pyridine rings is 1.